The molecule has 0 aromatic heterocycles. The number of unbranched alkanes of at least 4 members (excludes halogenated alkanes) is 1. The lowest BCUT2D eigenvalue weighted by Crippen LogP contribution is -2.69. The number of anilines is 1. The number of methoxy groups -OCH3 is 1. The molecule has 3 aliphatic carbocycles. The van der Waals surface area contributed by atoms with Crippen molar-refractivity contribution < 1.29 is 13.2 Å². The van der Waals surface area contributed by atoms with Crippen molar-refractivity contribution in [2.75, 3.05) is 25.6 Å². The smallest absolute Gasteiger partial charge is 0.245 e. The highest BCUT2D eigenvalue weighted by Gasteiger charge is 2.61. The third kappa shape index (κ3) is 2.48. The molecule has 0 unspecified atom stereocenters. The van der Waals surface area contributed by atoms with Crippen molar-refractivity contribution in [3.8, 4) is 5.75 Å². The largest absolute Gasteiger partial charge is 0.497 e. The van der Waals surface area contributed by atoms with Crippen molar-refractivity contribution in [3.05, 3.63) is 18.2 Å². The van der Waals surface area contributed by atoms with Gasteiger partial charge in [-0.2, -0.15) is 4.31 Å². The number of benzene rings is 1. The summed E-state index contributed by atoms with van der Waals surface area (Å²) in [6, 6.07) is 5.56. The van der Waals surface area contributed by atoms with E-state index in [-0.39, 0.29) is 11.6 Å². The highest BCUT2D eigenvalue weighted by molar-refractivity contribution is 7.89. The Morgan fingerprint density at radius 3 is 2.56 bits per heavy atom. The Kier molecular flexibility index (Phi) is 4.03. The monoisotopic (exact) mass is 364 g/mol. The summed E-state index contributed by atoms with van der Waals surface area (Å²) in [5.41, 5.74) is 1.06. The lowest BCUT2D eigenvalue weighted by atomic mass is 9.49. The van der Waals surface area contributed by atoms with Gasteiger partial charge in [0.2, 0.25) is 10.0 Å². The SMILES string of the molecule is CCCC[C@@H]1CN(C23CC(C2)C3)c2ccc(OC)cc2S(=O)(=O)N1C. The zero-order valence-electron chi connectivity index (χ0n) is 15.4. The van der Waals surface area contributed by atoms with E-state index < -0.39 is 10.0 Å². The Bertz CT molecular complexity index is 760. The summed E-state index contributed by atoms with van der Waals surface area (Å²) in [7, 11) is -0.196. The second kappa shape index (κ2) is 5.88. The van der Waals surface area contributed by atoms with Gasteiger partial charge in [-0.05, 0) is 43.7 Å². The molecule has 0 amide bonds. The summed E-state index contributed by atoms with van der Waals surface area (Å²) in [4.78, 5) is 2.82. The minimum Gasteiger partial charge on any atom is -0.497 e. The van der Waals surface area contributed by atoms with E-state index in [1.807, 2.05) is 12.1 Å². The number of nitrogens with zero attached hydrogens (tertiary/aromatic N) is 2. The van der Waals surface area contributed by atoms with E-state index >= 15 is 0 Å². The normalized spacial score (nSPS) is 33.0. The fraction of sp³-hybridized carbons (Fsp3) is 0.684. The summed E-state index contributed by atoms with van der Waals surface area (Å²) in [6.45, 7) is 2.95. The minimum absolute atomic E-state index is 0.0253. The average Bonchev–Trinajstić information content (AvgIpc) is 2.59. The van der Waals surface area contributed by atoms with Gasteiger partial charge in [-0.25, -0.2) is 8.42 Å². The van der Waals surface area contributed by atoms with Crippen LogP contribution in [0.25, 0.3) is 0 Å². The van der Waals surface area contributed by atoms with E-state index in [1.165, 1.54) is 19.3 Å². The molecule has 1 aromatic carbocycles. The summed E-state index contributed by atoms with van der Waals surface area (Å²) in [5, 5.41) is 0. The van der Waals surface area contributed by atoms with Crippen molar-refractivity contribution in [1.82, 2.24) is 4.31 Å². The molecule has 1 atom stereocenters. The van der Waals surface area contributed by atoms with E-state index in [9.17, 15) is 8.42 Å². The molecule has 3 fully saturated rings. The van der Waals surface area contributed by atoms with Crippen molar-refractivity contribution in [2.24, 2.45) is 5.92 Å². The summed E-state index contributed by atoms with van der Waals surface area (Å²) < 4.78 is 33.5. The third-order valence-corrected chi connectivity index (χ3v) is 8.43. The fourth-order valence-corrected chi connectivity index (χ4v) is 6.33. The summed E-state index contributed by atoms with van der Waals surface area (Å²) in [5.74, 6) is 1.45. The van der Waals surface area contributed by atoms with Gasteiger partial charge in [0.05, 0.1) is 12.8 Å². The molecule has 1 aliphatic heterocycles. The van der Waals surface area contributed by atoms with Crippen LogP contribution in [0.2, 0.25) is 0 Å². The quantitative estimate of drug-likeness (QED) is 0.805. The van der Waals surface area contributed by atoms with Gasteiger partial charge >= 0.3 is 0 Å². The molecular weight excluding hydrogens is 336 g/mol. The maximum Gasteiger partial charge on any atom is 0.245 e. The van der Waals surface area contributed by atoms with E-state index in [0.717, 1.165) is 37.4 Å². The molecule has 4 aliphatic rings. The van der Waals surface area contributed by atoms with E-state index in [2.05, 4.69) is 11.8 Å². The van der Waals surface area contributed by atoms with Crippen molar-refractivity contribution in [1.29, 1.82) is 0 Å². The lowest BCUT2D eigenvalue weighted by molar-refractivity contribution is -0.0270. The molecule has 138 valence electrons. The Morgan fingerprint density at radius 2 is 2.00 bits per heavy atom. The molecule has 2 bridgehead atoms. The van der Waals surface area contributed by atoms with Crippen LogP contribution in [0.5, 0.6) is 5.75 Å². The number of hydrogen-bond donors (Lipinski definition) is 0. The highest BCUT2D eigenvalue weighted by atomic mass is 32.2. The van der Waals surface area contributed by atoms with Crippen molar-refractivity contribution >= 4 is 15.7 Å². The Balaban J connectivity index is 1.81. The van der Waals surface area contributed by atoms with Gasteiger partial charge in [-0.3, -0.25) is 0 Å². The van der Waals surface area contributed by atoms with Crippen LogP contribution in [-0.4, -0.2) is 45.0 Å². The first-order valence-corrected chi connectivity index (χ1v) is 10.8. The number of hydrogen-bond acceptors (Lipinski definition) is 4. The zero-order chi connectivity index (χ0) is 17.8. The number of rotatable bonds is 5. The average molecular weight is 365 g/mol. The van der Waals surface area contributed by atoms with Crippen LogP contribution in [0.3, 0.4) is 0 Å². The molecule has 0 radical (unpaired) electrons. The van der Waals surface area contributed by atoms with Crippen LogP contribution in [0.15, 0.2) is 23.1 Å². The Morgan fingerprint density at radius 1 is 1.28 bits per heavy atom. The maximum absolute atomic E-state index is 13.3. The van der Waals surface area contributed by atoms with Crippen LogP contribution in [0, 0.1) is 5.92 Å². The summed E-state index contributed by atoms with van der Waals surface area (Å²) >= 11 is 0. The molecule has 5 nitrogen and oxygen atoms in total. The van der Waals surface area contributed by atoms with Crippen LogP contribution < -0.4 is 9.64 Å². The van der Waals surface area contributed by atoms with E-state index in [0.29, 0.717) is 10.6 Å². The van der Waals surface area contributed by atoms with Crippen LogP contribution in [-0.2, 0) is 10.0 Å². The standard InChI is InChI=1S/C19H28N2O3S/c1-4-5-6-15-13-21(19-10-14(11-19)12-19)17-8-7-16(24-3)9-18(17)25(22,23)20(15)2/h7-9,14-15H,4-6,10-13H2,1-3H3/t14?,15-,19?/m1/s1. The second-order valence-electron chi connectivity index (χ2n) is 7.96. The third-order valence-electron chi connectivity index (χ3n) is 6.49. The first-order chi connectivity index (χ1) is 11.9. The van der Waals surface area contributed by atoms with E-state index in [4.69, 9.17) is 4.74 Å². The second-order valence-corrected chi connectivity index (χ2v) is 9.93. The number of ether oxygens (including phenoxy) is 1. The van der Waals surface area contributed by atoms with Gasteiger partial charge in [-0.15, -0.1) is 0 Å². The van der Waals surface area contributed by atoms with Crippen LogP contribution >= 0.6 is 0 Å². The molecule has 1 heterocycles. The Hall–Kier alpha value is -1.27. The zero-order valence-corrected chi connectivity index (χ0v) is 16.2. The molecule has 1 aromatic rings. The topological polar surface area (TPSA) is 49.9 Å². The van der Waals surface area contributed by atoms with Gasteiger partial charge in [0.15, 0.2) is 0 Å². The molecule has 6 heteroatoms. The molecular formula is C19H28N2O3S. The van der Waals surface area contributed by atoms with Gasteiger partial charge in [-0.1, -0.05) is 19.8 Å². The van der Waals surface area contributed by atoms with Gasteiger partial charge in [0.25, 0.3) is 0 Å². The maximum atomic E-state index is 13.3. The van der Waals surface area contributed by atoms with Crippen molar-refractivity contribution in [2.45, 2.75) is 61.9 Å². The molecule has 3 saturated carbocycles. The van der Waals surface area contributed by atoms with Gasteiger partial charge < -0.3 is 9.64 Å². The van der Waals surface area contributed by atoms with Gasteiger partial charge in [0, 0.05) is 31.2 Å². The first kappa shape index (κ1) is 17.2. The highest BCUT2D eigenvalue weighted by Crippen LogP contribution is 2.62. The number of likely N-dealkylation sites (N-methyl/N-ethyl adjacent to an activating group) is 1. The van der Waals surface area contributed by atoms with E-state index in [1.54, 1.807) is 24.5 Å². The minimum atomic E-state index is -3.52. The number of fused-ring (bicyclic) bond motifs is 1. The molecule has 5 rings (SSSR count). The number of sulfonamides is 1. The molecule has 0 spiro atoms. The first-order valence-electron chi connectivity index (χ1n) is 9.35. The molecule has 0 N–H and O–H groups in total. The van der Waals surface area contributed by atoms with Crippen molar-refractivity contribution in [3.63, 3.8) is 0 Å². The van der Waals surface area contributed by atoms with Gasteiger partial charge in [0.1, 0.15) is 10.6 Å². The Labute approximate surface area is 151 Å². The fourth-order valence-electron chi connectivity index (χ4n) is 4.75. The molecule has 25 heavy (non-hydrogen) atoms. The lowest BCUT2D eigenvalue weighted by Gasteiger charge is -2.67. The van der Waals surface area contributed by atoms with Crippen LogP contribution in [0.1, 0.15) is 45.4 Å². The molecule has 0 saturated heterocycles. The predicted molar refractivity (Wildman–Crippen MR) is 98.7 cm³/mol. The predicted octanol–water partition coefficient (Wildman–Crippen LogP) is 3.25. The summed E-state index contributed by atoms with van der Waals surface area (Å²) in [6.07, 6.45) is 6.67. The van der Waals surface area contributed by atoms with Crippen LogP contribution in [0.4, 0.5) is 5.69 Å².